The maximum atomic E-state index is 11.6. The zero-order chi connectivity index (χ0) is 15.8. The van der Waals surface area contributed by atoms with E-state index in [9.17, 15) is 9.59 Å². The molecule has 0 saturated heterocycles. The Hall–Kier alpha value is -1.85. The van der Waals surface area contributed by atoms with Crippen LogP contribution >= 0.6 is 22.9 Å². The van der Waals surface area contributed by atoms with Gasteiger partial charge < -0.3 is 10.1 Å². The van der Waals surface area contributed by atoms with Gasteiger partial charge in [-0.3, -0.25) is 9.59 Å². The highest BCUT2D eigenvalue weighted by Gasteiger charge is 2.08. The van der Waals surface area contributed by atoms with Crippen molar-refractivity contribution in [3.63, 3.8) is 0 Å². The first-order valence-electron chi connectivity index (χ1n) is 6.82. The molecule has 1 N–H and O–H groups in total. The predicted octanol–water partition coefficient (Wildman–Crippen LogP) is 3.19. The summed E-state index contributed by atoms with van der Waals surface area (Å²) in [5.41, 5.74) is 0.932. The number of ether oxygens (including phenoxy) is 1. The molecule has 0 bridgehead atoms. The molecule has 116 valence electrons. The zero-order valence-corrected chi connectivity index (χ0v) is 13.5. The molecule has 22 heavy (non-hydrogen) atoms. The summed E-state index contributed by atoms with van der Waals surface area (Å²) in [5, 5.41) is 5.30. The van der Waals surface area contributed by atoms with Gasteiger partial charge in [0.25, 0.3) is 5.91 Å². The second kappa shape index (κ2) is 8.56. The monoisotopic (exact) mass is 337 g/mol. The highest BCUT2D eigenvalue weighted by molar-refractivity contribution is 7.09. The van der Waals surface area contributed by atoms with Gasteiger partial charge >= 0.3 is 5.97 Å². The van der Waals surface area contributed by atoms with Gasteiger partial charge in [-0.1, -0.05) is 29.8 Å². The summed E-state index contributed by atoms with van der Waals surface area (Å²) in [6, 6.07) is 11.1. The van der Waals surface area contributed by atoms with Gasteiger partial charge in [-0.2, -0.15) is 0 Å². The van der Waals surface area contributed by atoms with Crippen LogP contribution in [0, 0.1) is 0 Å². The Morgan fingerprint density at radius 3 is 2.64 bits per heavy atom. The average Bonchev–Trinajstić information content (AvgIpc) is 3.04. The van der Waals surface area contributed by atoms with Crippen LogP contribution in [0.1, 0.15) is 16.9 Å². The van der Waals surface area contributed by atoms with Crippen molar-refractivity contribution in [1.29, 1.82) is 0 Å². The lowest BCUT2D eigenvalue weighted by Gasteiger charge is -2.06. The number of hydrogen-bond donors (Lipinski definition) is 1. The van der Waals surface area contributed by atoms with Crippen molar-refractivity contribution in [2.75, 3.05) is 6.61 Å². The predicted molar refractivity (Wildman–Crippen MR) is 86.9 cm³/mol. The van der Waals surface area contributed by atoms with E-state index in [1.54, 1.807) is 23.5 Å². The molecular formula is C16H16ClNO3S. The fraction of sp³-hybridized carbons (Fsp3) is 0.250. The first kappa shape index (κ1) is 16.5. The Balaban J connectivity index is 1.62. The van der Waals surface area contributed by atoms with Crippen LogP contribution in [0.15, 0.2) is 41.8 Å². The Labute approximate surface area is 138 Å². The number of esters is 1. The van der Waals surface area contributed by atoms with Gasteiger partial charge in [0.05, 0.1) is 6.42 Å². The van der Waals surface area contributed by atoms with Gasteiger partial charge in [-0.15, -0.1) is 11.3 Å². The van der Waals surface area contributed by atoms with E-state index in [0.717, 1.165) is 10.4 Å². The number of nitrogens with one attached hydrogen (secondary N) is 1. The van der Waals surface area contributed by atoms with Crippen LogP contribution in [0.2, 0.25) is 5.02 Å². The molecule has 0 saturated carbocycles. The van der Waals surface area contributed by atoms with E-state index in [1.807, 2.05) is 29.6 Å². The maximum Gasteiger partial charge on any atom is 0.306 e. The lowest BCUT2D eigenvalue weighted by Crippen LogP contribution is -2.28. The molecule has 1 aromatic heterocycles. The first-order chi connectivity index (χ1) is 10.6. The molecule has 2 rings (SSSR count). The summed E-state index contributed by atoms with van der Waals surface area (Å²) in [7, 11) is 0. The molecule has 4 nitrogen and oxygen atoms in total. The molecule has 1 aromatic carbocycles. The smallest absolute Gasteiger partial charge is 0.306 e. The van der Waals surface area contributed by atoms with Crippen molar-refractivity contribution >= 4 is 34.8 Å². The average molecular weight is 338 g/mol. The molecular weight excluding hydrogens is 322 g/mol. The van der Waals surface area contributed by atoms with E-state index in [4.69, 9.17) is 16.3 Å². The summed E-state index contributed by atoms with van der Waals surface area (Å²) in [5.74, 6) is -0.686. The van der Waals surface area contributed by atoms with Gasteiger partial charge in [0, 0.05) is 16.4 Å². The Kier molecular flexibility index (Phi) is 6.43. The summed E-state index contributed by atoms with van der Waals surface area (Å²) in [6.45, 7) is 0.125. The SMILES string of the molecule is O=C(COC(=O)CCc1cccs1)NCc1ccc(Cl)cc1. The minimum atomic E-state index is -0.366. The third-order valence-corrected chi connectivity index (χ3v) is 4.11. The van der Waals surface area contributed by atoms with Crippen molar-refractivity contribution in [1.82, 2.24) is 5.32 Å². The van der Waals surface area contributed by atoms with Crippen LogP contribution in [-0.2, 0) is 27.3 Å². The molecule has 6 heteroatoms. The van der Waals surface area contributed by atoms with Crippen LogP contribution < -0.4 is 5.32 Å². The van der Waals surface area contributed by atoms with E-state index in [-0.39, 0.29) is 24.9 Å². The van der Waals surface area contributed by atoms with Gasteiger partial charge in [0.15, 0.2) is 6.61 Å². The fourth-order valence-corrected chi connectivity index (χ4v) is 2.59. The van der Waals surface area contributed by atoms with E-state index in [0.29, 0.717) is 18.0 Å². The molecule has 1 heterocycles. The van der Waals surface area contributed by atoms with Crippen molar-refractivity contribution in [2.24, 2.45) is 0 Å². The molecule has 2 aromatic rings. The van der Waals surface area contributed by atoms with E-state index < -0.39 is 0 Å². The molecule has 0 fully saturated rings. The highest BCUT2D eigenvalue weighted by atomic mass is 35.5. The summed E-state index contributed by atoms with van der Waals surface area (Å²) in [6.07, 6.45) is 0.924. The number of hydrogen-bond acceptors (Lipinski definition) is 4. The van der Waals surface area contributed by atoms with E-state index in [1.165, 1.54) is 0 Å². The number of halogens is 1. The number of carbonyl (C=O) groups excluding carboxylic acids is 2. The van der Waals surface area contributed by atoms with Gasteiger partial charge in [-0.25, -0.2) is 0 Å². The molecule has 0 unspecified atom stereocenters. The van der Waals surface area contributed by atoms with Gasteiger partial charge in [0.1, 0.15) is 0 Å². The number of aryl methyl sites for hydroxylation is 1. The zero-order valence-electron chi connectivity index (χ0n) is 11.9. The Morgan fingerprint density at radius 2 is 1.95 bits per heavy atom. The molecule has 0 spiro atoms. The van der Waals surface area contributed by atoms with Crippen molar-refractivity contribution < 1.29 is 14.3 Å². The Bertz CT molecular complexity index is 611. The lowest BCUT2D eigenvalue weighted by molar-refractivity contribution is -0.148. The first-order valence-corrected chi connectivity index (χ1v) is 8.08. The second-order valence-electron chi connectivity index (χ2n) is 4.64. The number of carbonyl (C=O) groups is 2. The normalized spacial score (nSPS) is 10.2. The summed E-state index contributed by atoms with van der Waals surface area (Å²) >= 11 is 7.38. The third-order valence-electron chi connectivity index (χ3n) is 2.92. The summed E-state index contributed by atoms with van der Waals surface area (Å²) < 4.78 is 4.94. The van der Waals surface area contributed by atoms with Crippen molar-refractivity contribution in [2.45, 2.75) is 19.4 Å². The van der Waals surface area contributed by atoms with Crippen LogP contribution in [0.5, 0.6) is 0 Å². The second-order valence-corrected chi connectivity index (χ2v) is 6.11. The quantitative estimate of drug-likeness (QED) is 0.789. The van der Waals surface area contributed by atoms with Crippen LogP contribution in [-0.4, -0.2) is 18.5 Å². The van der Waals surface area contributed by atoms with Crippen molar-refractivity contribution in [3.8, 4) is 0 Å². The minimum Gasteiger partial charge on any atom is -0.456 e. The van der Waals surface area contributed by atoms with Crippen LogP contribution in [0.25, 0.3) is 0 Å². The lowest BCUT2D eigenvalue weighted by atomic mass is 10.2. The number of benzene rings is 1. The molecule has 0 aliphatic carbocycles. The number of rotatable bonds is 7. The van der Waals surface area contributed by atoms with Crippen LogP contribution in [0.4, 0.5) is 0 Å². The van der Waals surface area contributed by atoms with E-state index >= 15 is 0 Å². The minimum absolute atomic E-state index is 0.253. The van der Waals surface area contributed by atoms with Gasteiger partial charge in [-0.05, 0) is 35.6 Å². The molecule has 0 atom stereocenters. The topological polar surface area (TPSA) is 55.4 Å². The molecule has 0 aliphatic rings. The largest absolute Gasteiger partial charge is 0.456 e. The highest BCUT2D eigenvalue weighted by Crippen LogP contribution is 2.11. The molecule has 1 amide bonds. The Morgan fingerprint density at radius 1 is 1.18 bits per heavy atom. The van der Waals surface area contributed by atoms with Gasteiger partial charge in [0.2, 0.25) is 0 Å². The standard InChI is InChI=1S/C16H16ClNO3S/c17-13-5-3-12(4-6-13)10-18-15(19)11-21-16(20)8-7-14-2-1-9-22-14/h1-6,9H,7-8,10-11H2,(H,18,19). The maximum absolute atomic E-state index is 11.6. The third kappa shape index (κ3) is 5.87. The fourth-order valence-electron chi connectivity index (χ4n) is 1.75. The van der Waals surface area contributed by atoms with E-state index in [2.05, 4.69) is 5.32 Å². The molecule has 0 aliphatic heterocycles. The molecule has 0 radical (unpaired) electrons. The number of thiophene rings is 1. The van der Waals surface area contributed by atoms with Crippen molar-refractivity contribution in [3.05, 3.63) is 57.2 Å². The number of amides is 1. The van der Waals surface area contributed by atoms with Crippen LogP contribution in [0.3, 0.4) is 0 Å². The summed E-state index contributed by atoms with van der Waals surface area (Å²) in [4.78, 5) is 24.3.